The molecule has 2 aromatic rings. The largest absolute Gasteiger partial charge is 0.475 e. The van der Waals surface area contributed by atoms with E-state index < -0.39 is 10.0 Å². The molecule has 0 saturated carbocycles. The minimum Gasteiger partial charge on any atom is -0.475 e. The molecule has 0 fully saturated rings. The molecule has 1 heterocycles. The molecule has 6 heteroatoms. The van der Waals surface area contributed by atoms with Gasteiger partial charge in [0.1, 0.15) is 6.61 Å². The summed E-state index contributed by atoms with van der Waals surface area (Å²) in [6.07, 6.45) is 0. The Hall–Kier alpha value is -2.18. The van der Waals surface area contributed by atoms with E-state index in [0.29, 0.717) is 24.0 Å². The second-order valence-corrected chi connectivity index (χ2v) is 8.49. The van der Waals surface area contributed by atoms with Crippen LogP contribution in [0.25, 0.3) is 0 Å². The van der Waals surface area contributed by atoms with E-state index in [-0.39, 0.29) is 17.0 Å². The van der Waals surface area contributed by atoms with Crippen molar-refractivity contribution in [1.82, 2.24) is 4.72 Å². The number of hydrogen-bond donors (Lipinski definition) is 1. The third-order valence-corrected chi connectivity index (χ3v) is 6.08. The molecule has 1 aliphatic rings. The normalized spacial score (nSPS) is 18.5. The maximum atomic E-state index is 13.0. The minimum absolute atomic E-state index is 0.0527. The van der Waals surface area contributed by atoms with Gasteiger partial charge in [0.25, 0.3) is 0 Å². The highest BCUT2D eigenvalue weighted by Crippen LogP contribution is 2.24. The fourth-order valence-corrected chi connectivity index (χ4v) is 4.29. The van der Waals surface area contributed by atoms with Gasteiger partial charge in [0, 0.05) is 6.04 Å². The van der Waals surface area contributed by atoms with Gasteiger partial charge in [0.2, 0.25) is 15.9 Å². The van der Waals surface area contributed by atoms with Crippen LogP contribution >= 0.6 is 0 Å². The van der Waals surface area contributed by atoms with E-state index in [1.807, 2.05) is 37.3 Å². The Kier molecular flexibility index (Phi) is 5.44. The first kappa shape index (κ1) is 18.6. The Balaban J connectivity index is 1.91. The Morgan fingerprint density at radius 3 is 2.35 bits per heavy atom. The monoisotopic (exact) mass is 372 g/mol. The van der Waals surface area contributed by atoms with Crippen LogP contribution < -0.4 is 4.72 Å². The van der Waals surface area contributed by atoms with Crippen LogP contribution in [0.15, 0.2) is 64.5 Å². The number of nitrogens with zero attached hydrogens (tertiary/aromatic N) is 1. The number of aliphatic imine (C=N–C) groups is 1. The van der Waals surface area contributed by atoms with Gasteiger partial charge in [-0.1, -0.05) is 56.3 Å². The number of sulfonamides is 1. The predicted octanol–water partition coefficient (Wildman–Crippen LogP) is 3.53. The molecule has 138 valence electrons. The van der Waals surface area contributed by atoms with E-state index in [1.54, 1.807) is 24.3 Å². The lowest BCUT2D eigenvalue weighted by molar-refractivity contribution is 0.291. The molecule has 0 spiro atoms. The molecule has 26 heavy (non-hydrogen) atoms. The summed E-state index contributed by atoms with van der Waals surface area (Å²) in [5.74, 6) is 0.740. The smallest absolute Gasteiger partial charge is 0.241 e. The van der Waals surface area contributed by atoms with E-state index in [1.165, 1.54) is 0 Å². The Morgan fingerprint density at radius 1 is 1.04 bits per heavy atom. The van der Waals surface area contributed by atoms with Crippen LogP contribution in [0.4, 0.5) is 0 Å². The van der Waals surface area contributed by atoms with E-state index >= 15 is 0 Å². The molecule has 0 bridgehead atoms. The molecule has 0 unspecified atom stereocenters. The van der Waals surface area contributed by atoms with Crippen molar-refractivity contribution in [2.75, 3.05) is 6.61 Å². The van der Waals surface area contributed by atoms with Crippen molar-refractivity contribution in [3.05, 3.63) is 65.7 Å². The molecule has 0 aromatic heterocycles. The van der Waals surface area contributed by atoms with Gasteiger partial charge in [-0.25, -0.2) is 18.1 Å². The molecule has 2 atom stereocenters. The summed E-state index contributed by atoms with van der Waals surface area (Å²) in [6.45, 7) is 6.46. The third-order valence-electron chi connectivity index (χ3n) is 4.48. The highest BCUT2D eigenvalue weighted by molar-refractivity contribution is 7.89. The molecular formula is C20H24N2O3S. The van der Waals surface area contributed by atoms with Crippen molar-refractivity contribution in [1.29, 1.82) is 0 Å². The van der Waals surface area contributed by atoms with Crippen molar-refractivity contribution >= 4 is 15.9 Å². The van der Waals surface area contributed by atoms with Gasteiger partial charge in [-0.05, 0) is 30.5 Å². The van der Waals surface area contributed by atoms with Gasteiger partial charge < -0.3 is 4.74 Å². The SMILES string of the molecule is CC(C)[C@H]1COC(c2ccccc2S(=O)(=O)N[C@H](C)c2ccccc2)=N1. The van der Waals surface area contributed by atoms with Gasteiger partial charge in [-0.2, -0.15) is 0 Å². The Labute approximate surface area is 155 Å². The lowest BCUT2D eigenvalue weighted by atomic mass is 10.1. The summed E-state index contributed by atoms with van der Waals surface area (Å²) < 4.78 is 34.4. The van der Waals surface area contributed by atoms with Crippen LogP contribution in [0.1, 0.15) is 37.9 Å². The van der Waals surface area contributed by atoms with E-state index in [2.05, 4.69) is 23.6 Å². The predicted molar refractivity (Wildman–Crippen MR) is 103 cm³/mol. The van der Waals surface area contributed by atoms with Gasteiger partial charge in [0.15, 0.2) is 0 Å². The van der Waals surface area contributed by atoms with Crippen molar-refractivity contribution in [2.45, 2.75) is 37.8 Å². The zero-order valence-corrected chi connectivity index (χ0v) is 16.0. The quantitative estimate of drug-likeness (QED) is 0.843. The molecule has 2 aromatic carbocycles. The van der Waals surface area contributed by atoms with Gasteiger partial charge in [0.05, 0.1) is 16.5 Å². The van der Waals surface area contributed by atoms with Crippen LogP contribution in [-0.4, -0.2) is 27.0 Å². The van der Waals surface area contributed by atoms with Gasteiger partial charge in [-0.3, -0.25) is 0 Å². The summed E-state index contributed by atoms with van der Waals surface area (Å²) in [4.78, 5) is 4.76. The molecular weight excluding hydrogens is 348 g/mol. The highest BCUT2D eigenvalue weighted by Gasteiger charge is 2.28. The maximum Gasteiger partial charge on any atom is 0.241 e. The van der Waals surface area contributed by atoms with Crippen LogP contribution in [0.2, 0.25) is 0 Å². The lowest BCUT2D eigenvalue weighted by Crippen LogP contribution is -2.28. The van der Waals surface area contributed by atoms with Crippen LogP contribution in [-0.2, 0) is 14.8 Å². The topological polar surface area (TPSA) is 67.8 Å². The average molecular weight is 372 g/mol. The second kappa shape index (κ2) is 7.60. The molecule has 0 aliphatic carbocycles. The standard InChI is InChI=1S/C20H24N2O3S/c1-14(2)18-13-25-20(21-18)17-11-7-8-12-19(17)26(23,24)22-15(3)16-9-5-4-6-10-16/h4-12,14-15,18,22H,13H2,1-3H3/t15-,18-/m1/s1. The first-order valence-corrected chi connectivity index (χ1v) is 10.2. The zero-order chi connectivity index (χ0) is 18.7. The summed E-state index contributed by atoms with van der Waals surface area (Å²) in [7, 11) is -3.72. The van der Waals surface area contributed by atoms with Gasteiger partial charge in [-0.15, -0.1) is 0 Å². The van der Waals surface area contributed by atoms with Crippen molar-refractivity contribution in [3.8, 4) is 0 Å². The Morgan fingerprint density at radius 2 is 1.69 bits per heavy atom. The molecule has 1 aliphatic heterocycles. The summed E-state index contributed by atoms with van der Waals surface area (Å²) >= 11 is 0. The number of ether oxygens (including phenoxy) is 1. The maximum absolute atomic E-state index is 13.0. The first-order chi connectivity index (χ1) is 12.4. The van der Waals surface area contributed by atoms with Crippen molar-refractivity contribution in [2.24, 2.45) is 10.9 Å². The number of benzene rings is 2. The van der Waals surface area contributed by atoms with E-state index in [0.717, 1.165) is 5.56 Å². The summed E-state index contributed by atoms with van der Waals surface area (Å²) in [5.41, 5.74) is 1.41. The molecule has 0 saturated heterocycles. The molecule has 5 nitrogen and oxygen atoms in total. The van der Waals surface area contributed by atoms with Crippen molar-refractivity contribution in [3.63, 3.8) is 0 Å². The fourth-order valence-electron chi connectivity index (χ4n) is 2.86. The molecule has 0 radical (unpaired) electrons. The fraction of sp³-hybridized carbons (Fsp3) is 0.350. The van der Waals surface area contributed by atoms with Crippen molar-refractivity contribution < 1.29 is 13.2 Å². The highest BCUT2D eigenvalue weighted by atomic mass is 32.2. The minimum atomic E-state index is -3.72. The third kappa shape index (κ3) is 3.97. The van der Waals surface area contributed by atoms with Crippen LogP contribution in [0.3, 0.4) is 0 Å². The second-order valence-electron chi connectivity index (χ2n) is 6.81. The number of rotatable bonds is 6. The molecule has 3 rings (SSSR count). The van der Waals surface area contributed by atoms with E-state index in [4.69, 9.17) is 4.74 Å². The summed E-state index contributed by atoms with van der Waals surface area (Å²) in [6, 6.07) is 16.0. The summed E-state index contributed by atoms with van der Waals surface area (Å²) in [5, 5.41) is 0. The average Bonchev–Trinajstić information content (AvgIpc) is 3.12. The van der Waals surface area contributed by atoms with Crippen LogP contribution in [0.5, 0.6) is 0 Å². The zero-order valence-electron chi connectivity index (χ0n) is 15.2. The van der Waals surface area contributed by atoms with Gasteiger partial charge >= 0.3 is 0 Å². The first-order valence-electron chi connectivity index (χ1n) is 8.76. The van der Waals surface area contributed by atoms with E-state index in [9.17, 15) is 8.42 Å². The van der Waals surface area contributed by atoms with Crippen LogP contribution in [0, 0.1) is 5.92 Å². The Bertz CT molecular complexity index is 892. The molecule has 1 N–H and O–H groups in total. The lowest BCUT2D eigenvalue weighted by Gasteiger charge is -2.16. The number of nitrogens with one attached hydrogen (secondary N) is 1. The number of hydrogen-bond acceptors (Lipinski definition) is 4. The molecule has 0 amide bonds.